The molecule has 3 heteroatoms. The molecular formula is C2H6B2Hf-2. The van der Waals surface area contributed by atoms with Gasteiger partial charge in [-0.2, -0.15) is 0 Å². The van der Waals surface area contributed by atoms with Gasteiger partial charge in [0.2, 0.25) is 0 Å². The average molecular weight is 230 g/mol. The molecule has 0 bridgehead atoms. The van der Waals surface area contributed by atoms with Gasteiger partial charge in [-0.25, -0.2) is 0 Å². The third-order valence-corrected chi connectivity index (χ3v) is 0. The van der Waals surface area contributed by atoms with E-state index in [9.17, 15) is 0 Å². The zero-order chi connectivity index (χ0) is 0. The molecule has 0 aliphatic heterocycles. The smallest absolute Gasteiger partial charge is 0 e. The molecule has 0 amide bonds. The summed E-state index contributed by atoms with van der Waals surface area (Å²) in [5, 5.41) is 0. The summed E-state index contributed by atoms with van der Waals surface area (Å²) in [5.41, 5.74) is 0. The van der Waals surface area contributed by atoms with E-state index in [1.165, 1.54) is 0 Å². The van der Waals surface area contributed by atoms with Crippen molar-refractivity contribution >= 4 is 16.8 Å². The Hall–Kier alpha value is 1.000. The molecule has 0 rings (SSSR count). The van der Waals surface area contributed by atoms with E-state index in [2.05, 4.69) is 0 Å². The van der Waals surface area contributed by atoms with Crippen molar-refractivity contribution in [1.29, 1.82) is 0 Å². The number of rotatable bonds is 0. The van der Waals surface area contributed by atoms with Gasteiger partial charge in [0.25, 0.3) is 0 Å². The van der Waals surface area contributed by atoms with Crippen molar-refractivity contribution in [3.05, 3.63) is 14.9 Å². The fraction of sp³-hybridized carbons (Fsp3) is 0. The molecule has 0 aromatic rings. The third kappa shape index (κ3) is 45.0. The second kappa shape index (κ2) is 80.0. The van der Waals surface area contributed by atoms with Crippen molar-refractivity contribution < 1.29 is 25.8 Å². The zero-order valence-corrected chi connectivity index (χ0v) is 7.25. The molecule has 0 spiro atoms. The SMILES string of the molecule is [B].[B].[CH3-].[CH3-].[Hf]. The van der Waals surface area contributed by atoms with Crippen molar-refractivity contribution in [3.8, 4) is 0 Å². The van der Waals surface area contributed by atoms with Gasteiger partial charge in [0.05, 0.1) is 0 Å². The van der Waals surface area contributed by atoms with Crippen molar-refractivity contribution in [2.45, 2.75) is 0 Å². The first kappa shape index (κ1) is 150. The Kier molecular flexibility index (Phi) is 2400. The summed E-state index contributed by atoms with van der Waals surface area (Å²) in [6.45, 7) is 0. The zero-order valence-electron chi connectivity index (χ0n) is 3.65. The molecule has 26 valence electrons. The molecule has 0 saturated heterocycles. The predicted molar refractivity (Wildman–Crippen MR) is 24.3 cm³/mol. The summed E-state index contributed by atoms with van der Waals surface area (Å²) in [5.74, 6) is 0. The average Bonchev–Trinajstić information content (AvgIpc) is 0. The Bertz CT molecular complexity index is 7.61. The van der Waals surface area contributed by atoms with Gasteiger partial charge >= 0.3 is 0 Å². The topological polar surface area (TPSA) is 0 Å². The van der Waals surface area contributed by atoms with E-state index in [1.54, 1.807) is 0 Å². The monoisotopic (exact) mass is 232 g/mol. The minimum atomic E-state index is 0. The Labute approximate surface area is 57.7 Å². The van der Waals surface area contributed by atoms with Gasteiger partial charge in [-0.05, 0) is 0 Å². The van der Waals surface area contributed by atoms with Crippen LogP contribution in [0.2, 0.25) is 0 Å². The molecule has 0 fully saturated rings. The van der Waals surface area contributed by atoms with Crippen LogP contribution < -0.4 is 0 Å². The standard InChI is InChI=1S/2CH3.2B.Hf/h2*1H3;;;/q2*-1;;;. The van der Waals surface area contributed by atoms with Gasteiger partial charge in [-0.1, -0.05) is 0 Å². The summed E-state index contributed by atoms with van der Waals surface area (Å²) >= 11 is 0. The summed E-state index contributed by atoms with van der Waals surface area (Å²) in [7, 11) is 0. The van der Waals surface area contributed by atoms with Crippen LogP contribution in [0, 0.1) is 14.9 Å². The molecule has 0 N–H and O–H groups in total. The molecule has 0 aliphatic rings. The Morgan fingerprint density at radius 3 is 0.600 bits per heavy atom. The molecular weight excluding hydrogens is 224 g/mol. The van der Waals surface area contributed by atoms with E-state index in [-0.39, 0.29) is 57.5 Å². The van der Waals surface area contributed by atoms with Crippen LogP contribution >= 0.6 is 0 Å². The first-order chi connectivity index (χ1) is 0. The maximum Gasteiger partial charge on any atom is 0 e. The van der Waals surface area contributed by atoms with Gasteiger partial charge in [-0.3, -0.25) is 0 Å². The minimum Gasteiger partial charge on any atom is -0.358 e. The van der Waals surface area contributed by atoms with Gasteiger partial charge in [0, 0.05) is 42.7 Å². The molecule has 5 heavy (non-hydrogen) atoms. The van der Waals surface area contributed by atoms with Gasteiger partial charge in [0.15, 0.2) is 0 Å². The largest absolute Gasteiger partial charge is 0.358 e. The summed E-state index contributed by atoms with van der Waals surface area (Å²) < 4.78 is 0. The summed E-state index contributed by atoms with van der Waals surface area (Å²) in [4.78, 5) is 0. The summed E-state index contributed by atoms with van der Waals surface area (Å²) in [6.07, 6.45) is 0. The Morgan fingerprint density at radius 2 is 0.600 bits per heavy atom. The van der Waals surface area contributed by atoms with Crippen LogP contribution in [0.5, 0.6) is 0 Å². The van der Waals surface area contributed by atoms with Crippen LogP contribution in [-0.4, -0.2) is 16.8 Å². The molecule has 0 aliphatic carbocycles. The first-order valence-electron chi connectivity index (χ1n) is 0. The van der Waals surface area contributed by atoms with Crippen LogP contribution in [0.25, 0.3) is 0 Å². The normalized spacial score (nSPS) is 0. The fourth-order valence-corrected chi connectivity index (χ4v) is 0. The van der Waals surface area contributed by atoms with Crippen LogP contribution in [0.3, 0.4) is 0 Å². The van der Waals surface area contributed by atoms with Crippen molar-refractivity contribution in [2.75, 3.05) is 0 Å². The van der Waals surface area contributed by atoms with Gasteiger partial charge in [-0.15, -0.1) is 0 Å². The molecule has 0 unspecified atom stereocenters. The first-order valence-corrected chi connectivity index (χ1v) is 0. The fourth-order valence-electron chi connectivity index (χ4n) is 0. The van der Waals surface area contributed by atoms with Crippen LogP contribution in [0.15, 0.2) is 0 Å². The van der Waals surface area contributed by atoms with Gasteiger partial charge < -0.3 is 14.9 Å². The molecule has 6 radical (unpaired) electrons. The predicted octanol–water partition coefficient (Wildman–Crippen LogP) is 0.136. The Morgan fingerprint density at radius 1 is 0.600 bits per heavy atom. The summed E-state index contributed by atoms with van der Waals surface area (Å²) in [6, 6.07) is 0. The molecule has 0 saturated carbocycles. The molecule has 0 atom stereocenters. The second-order valence-corrected chi connectivity index (χ2v) is 0. The van der Waals surface area contributed by atoms with E-state index < -0.39 is 0 Å². The molecule has 0 aromatic heterocycles. The second-order valence-electron chi connectivity index (χ2n) is 0. The molecule has 0 aromatic carbocycles. The van der Waals surface area contributed by atoms with Crippen LogP contribution in [-0.2, 0) is 25.8 Å². The van der Waals surface area contributed by atoms with Crippen molar-refractivity contribution in [2.24, 2.45) is 0 Å². The van der Waals surface area contributed by atoms with E-state index >= 15 is 0 Å². The maximum atomic E-state index is 0. The van der Waals surface area contributed by atoms with Crippen LogP contribution in [0.4, 0.5) is 0 Å². The molecule has 0 nitrogen and oxygen atoms in total. The van der Waals surface area contributed by atoms with Gasteiger partial charge in [0.1, 0.15) is 0 Å². The van der Waals surface area contributed by atoms with E-state index in [1.807, 2.05) is 0 Å². The maximum absolute atomic E-state index is 0. The quantitative estimate of drug-likeness (QED) is 0.410. The van der Waals surface area contributed by atoms with E-state index in [0.717, 1.165) is 0 Å². The number of hydrogen-bond donors (Lipinski definition) is 0. The Balaban J connectivity index is 0. The minimum absolute atomic E-state index is 0. The van der Waals surface area contributed by atoms with Crippen molar-refractivity contribution in [3.63, 3.8) is 0 Å². The molecule has 0 heterocycles. The van der Waals surface area contributed by atoms with E-state index in [4.69, 9.17) is 0 Å². The number of hydrogen-bond acceptors (Lipinski definition) is 0. The van der Waals surface area contributed by atoms with Crippen molar-refractivity contribution in [1.82, 2.24) is 0 Å². The third-order valence-electron chi connectivity index (χ3n) is 0. The van der Waals surface area contributed by atoms with Crippen LogP contribution in [0.1, 0.15) is 0 Å². The van der Waals surface area contributed by atoms with E-state index in [0.29, 0.717) is 0 Å².